The van der Waals surface area contributed by atoms with Crippen LogP contribution in [0.4, 0.5) is 0 Å². The third-order valence-corrected chi connectivity index (χ3v) is 2.65. The molecule has 0 fully saturated rings. The average molecular weight is 201 g/mol. The lowest BCUT2D eigenvalue weighted by molar-refractivity contribution is 0.282. The summed E-state index contributed by atoms with van der Waals surface area (Å²) in [7, 11) is 0. The molecule has 0 spiro atoms. The zero-order valence-corrected chi connectivity index (χ0v) is 8.42. The Morgan fingerprint density at radius 1 is 1.31 bits per heavy atom. The van der Waals surface area contributed by atoms with Crippen LogP contribution in [-0.2, 0) is 6.54 Å². The second kappa shape index (κ2) is 5.94. The number of aryl methyl sites for hydroxylation is 1. The zero-order valence-electron chi connectivity index (χ0n) is 7.61. The zero-order chi connectivity index (χ0) is 9.52. The maximum absolute atomic E-state index is 11.1. The van der Waals surface area contributed by atoms with Gasteiger partial charge >= 0.3 is 4.87 Å². The lowest BCUT2D eigenvalue weighted by Crippen LogP contribution is -2.11. The van der Waals surface area contributed by atoms with Crippen LogP contribution in [0.5, 0.6) is 0 Å². The van der Waals surface area contributed by atoms with E-state index in [2.05, 4.69) is 0 Å². The van der Waals surface area contributed by atoms with E-state index in [1.807, 2.05) is 11.6 Å². The third-order valence-electron chi connectivity index (χ3n) is 1.95. The molecule has 0 saturated heterocycles. The molecule has 74 valence electrons. The first-order chi connectivity index (χ1) is 6.34. The summed E-state index contributed by atoms with van der Waals surface area (Å²) >= 11 is 1.24. The van der Waals surface area contributed by atoms with E-state index in [-0.39, 0.29) is 11.5 Å². The largest absolute Gasteiger partial charge is 0.396 e. The smallest absolute Gasteiger partial charge is 0.307 e. The molecule has 1 aromatic heterocycles. The summed E-state index contributed by atoms with van der Waals surface area (Å²) in [6.07, 6.45) is 5.87. The summed E-state index contributed by atoms with van der Waals surface area (Å²) < 4.78 is 1.74. The van der Waals surface area contributed by atoms with Gasteiger partial charge in [-0.3, -0.25) is 4.79 Å². The van der Waals surface area contributed by atoms with E-state index in [0.717, 1.165) is 32.2 Å². The topological polar surface area (TPSA) is 42.2 Å². The molecule has 0 atom stereocenters. The van der Waals surface area contributed by atoms with Gasteiger partial charge in [-0.2, -0.15) is 0 Å². The van der Waals surface area contributed by atoms with Gasteiger partial charge in [0.25, 0.3) is 0 Å². The Bertz CT molecular complexity index is 279. The van der Waals surface area contributed by atoms with Crippen molar-refractivity contribution in [1.29, 1.82) is 0 Å². The van der Waals surface area contributed by atoms with E-state index in [4.69, 9.17) is 5.11 Å². The first-order valence-corrected chi connectivity index (χ1v) is 5.47. The second-order valence-electron chi connectivity index (χ2n) is 3.00. The molecule has 0 aliphatic carbocycles. The SMILES string of the molecule is O=c1sccn1CCCCCCO. The maximum atomic E-state index is 11.1. The van der Waals surface area contributed by atoms with E-state index in [0.29, 0.717) is 0 Å². The number of unbranched alkanes of at least 4 members (excludes halogenated alkanes) is 3. The van der Waals surface area contributed by atoms with Crippen molar-refractivity contribution in [2.75, 3.05) is 6.61 Å². The fraction of sp³-hybridized carbons (Fsp3) is 0.667. The van der Waals surface area contributed by atoms with E-state index >= 15 is 0 Å². The molecule has 0 amide bonds. The summed E-state index contributed by atoms with van der Waals surface area (Å²) in [4.78, 5) is 11.2. The number of aliphatic hydroxyl groups excluding tert-OH is 1. The molecule has 1 heterocycles. The van der Waals surface area contributed by atoms with Crippen LogP contribution in [0.1, 0.15) is 25.7 Å². The molecule has 4 heteroatoms. The standard InChI is InChI=1S/C9H15NO2S/c11-7-4-2-1-3-5-10-6-8-13-9(10)12/h6,8,11H,1-5,7H2. The first kappa shape index (κ1) is 10.5. The van der Waals surface area contributed by atoms with Gasteiger partial charge in [-0.25, -0.2) is 0 Å². The van der Waals surface area contributed by atoms with Crippen molar-refractivity contribution in [3.05, 3.63) is 21.2 Å². The Labute approximate surface area is 81.6 Å². The number of aliphatic hydroxyl groups is 1. The fourth-order valence-electron chi connectivity index (χ4n) is 1.20. The van der Waals surface area contributed by atoms with Gasteiger partial charge in [0.2, 0.25) is 0 Å². The molecular weight excluding hydrogens is 186 g/mol. The molecular formula is C9H15NO2S. The molecule has 1 aromatic rings. The van der Waals surface area contributed by atoms with Crippen LogP contribution in [-0.4, -0.2) is 16.3 Å². The van der Waals surface area contributed by atoms with Crippen molar-refractivity contribution in [3.63, 3.8) is 0 Å². The molecule has 1 rings (SSSR count). The number of hydrogen-bond donors (Lipinski definition) is 1. The maximum Gasteiger partial charge on any atom is 0.307 e. The van der Waals surface area contributed by atoms with Crippen molar-refractivity contribution in [1.82, 2.24) is 4.57 Å². The Kier molecular flexibility index (Phi) is 4.78. The van der Waals surface area contributed by atoms with Crippen LogP contribution in [0, 0.1) is 0 Å². The summed E-state index contributed by atoms with van der Waals surface area (Å²) in [5, 5.41) is 10.4. The van der Waals surface area contributed by atoms with Crippen LogP contribution >= 0.6 is 11.3 Å². The van der Waals surface area contributed by atoms with Crippen molar-refractivity contribution >= 4 is 11.3 Å². The Hall–Kier alpha value is -0.610. The molecule has 1 N–H and O–H groups in total. The average Bonchev–Trinajstić information content (AvgIpc) is 2.52. The summed E-state index contributed by atoms with van der Waals surface area (Å²) in [6.45, 7) is 1.09. The Morgan fingerprint density at radius 2 is 2.08 bits per heavy atom. The fourth-order valence-corrected chi connectivity index (χ4v) is 1.82. The Morgan fingerprint density at radius 3 is 2.69 bits per heavy atom. The molecule has 0 bridgehead atoms. The van der Waals surface area contributed by atoms with Gasteiger partial charge in [0.05, 0.1) is 0 Å². The van der Waals surface area contributed by atoms with Crippen molar-refractivity contribution < 1.29 is 5.11 Å². The minimum atomic E-state index is 0.127. The van der Waals surface area contributed by atoms with Gasteiger partial charge in [0.1, 0.15) is 0 Å². The third kappa shape index (κ3) is 3.74. The number of nitrogens with zero attached hydrogens (tertiary/aromatic N) is 1. The van der Waals surface area contributed by atoms with Crippen molar-refractivity contribution in [2.24, 2.45) is 0 Å². The predicted molar refractivity (Wildman–Crippen MR) is 54.1 cm³/mol. The summed E-state index contributed by atoms with van der Waals surface area (Å²) in [5.41, 5.74) is 0. The molecule has 0 aromatic carbocycles. The van der Waals surface area contributed by atoms with Gasteiger partial charge < -0.3 is 9.67 Å². The Balaban J connectivity index is 2.13. The highest BCUT2D eigenvalue weighted by Gasteiger charge is 1.95. The second-order valence-corrected chi connectivity index (χ2v) is 3.86. The minimum absolute atomic E-state index is 0.127. The van der Waals surface area contributed by atoms with Crippen LogP contribution < -0.4 is 4.87 Å². The van der Waals surface area contributed by atoms with Crippen LogP contribution in [0.15, 0.2) is 16.4 Å². The minimum Gasteiger partial charge on any atom is -0.396 e. The molecule has 13 heavy (non-hydrogen) atoms. The molecule has 0 unspecified atom stereocenters. The van der Waals surface area contributed by atoms with Crippen LogP contribution in [0.2, 0.25) is 0 Å². The lowest BCUT2D eigenvalue weighted by atomic mass is 10.2. The molecule has 0 aliphatic rings. The summed E-state index contributed by atoms with van der Waals surface area (Å²) in [5.74, 6) is 0. The van der Waals surface area contributed by atoms with Gasteiger partial charge in [-0.05, 0) is 12.8 Å². The van der Waals surface area contributed by atoms with Gasteiger partial charge in [-0.1, -0.05) is 24.2 Å². The number of rotatable bonds is 6. The van der Waals surface area contributed by atoms with E-state index in [9.17, 15) is 4.79 Å². The molecule has 0 saturated carbocycles. The highest BCUT2D eigenvalue weighted by atomic mass is 32.1. The number of thiazole rings is 1. The monoisotopic (exact) mass is 201 g/mol. The van der Waals surface area contributed by atoms with Crippen molar-refractivity contribution in [3.8, 4) is 0 Å². The first-order valence-electron chi connectivity index (χ1n) is 4.59. The number of aromatic nitrogens is 1. The number of hydrogen-bond acceptors (Lipinski definition) is 3. The highest BCUT2D eigenvalue weighted by molar-refractivity contribution is 7.07. The van der Waals surface area contributed by atoms with E-state index in [1.165, 1.54) is 11.3 Å². The van der Waals surface area contributed by atoms with Gasteiger partial charge in [0.15, 0.2) is 0 Å². The quantitative estimate of drug-likeness (QED) is 0.708. The van der Waals surface area contributed by atoms with E-state index in [1.54, 1.807) is 4.57 Å². The van der Waals surface area contributed by atoms with Crippen LogP contribution in [0.3, 0.4) is 0 Å². The molecule has 0 aliphatic heterocycles. The van der Waals surface area contributed by atoms with Crippen molar-refractivity contribution in [2.45, 2.75) is 32.2 Å². The van der Waals surface area contributed by atoms with Gasteiger partial charge in [0, 0.05) is 24.7 Å². The molecule has 0 radical (unpaired) electrons. The van der Waals surface area contributed by atoms with Crippen LogP contribution in [0.25, 0.3) is 0 Å². The predicted octanol–water partition coefficient (Wildman–Crippen LogP) is 1.46. The normalized spacial score (nSPS) is 10.5. The summed E-state index contributed by atoms with van der Waals surface area (Å²) in [6, 6.07) is 0. The van der Waals surface area contributed by atoms with Gasteiger partial charge in [-0.15, -0.1) is 0 Å². The van der Waals surface area contributed by atoms with E-state index < -0.39 is 0 Å². The highest BCUT2D eigenvalue weighted by Crippen LogP contribution is 2.01. The molecule has 3 nitrogen and oxygen atoms in total. The lowest BCUT2D eigenvalue weighted by Gasteiger charge is -2.00.